The molecule has 0 aliphatic heterocycles. The molecule has 0 saturated heterocycles. The van der Waals surface area contributed by atoms with E-state index in [-0.39, 0.29) is 5.15 Å². The quantitative estimate of drug-likeness (QED) is 0.720. The van der Waals surface area contributed by atoms with Crippen LogP contribution in [0.15, 0.2) is 24.3 Å². The normalized spacial score (nSPS) is 11.0. The van der Waals surface area contributed by atoms with Crippen LogP contribution in [0, 0.1) is 6.92 Å². The first kappa shape index (κ1) is 13.2. The second-order valence-corrected chi connectivity index (χ2v) is 5.19. The van der Waals surface area contributed by atoms with E-state index in [0.29, 0.717) is 16.5 Å². The van der Waals surface area contributed by atoms with Crippen molar-refractivity contribution in [2.45, 2.75) is 6.92 Å². The molecule has 102 valence electrons. The van der Waals surface area contributed by atoms with E-state index < -0.39 is 0 Å². The van der Waals surface area contributed by atoms with Crippen LogP contribution in [-0.2, 0) is 0 Å². The Morgan fingerprint density at radius 3 is 2.70 bits per heavy atom. The van der Waals surface area contributed by atoms with Gasteiger partial charge in [-0.1, -0.05) is 34.8 Å². The number of imidazole rings is 1. The fourth-order valence-electron chi connectivity index (χ4n) is 2.03. The number of nitrogens with zero attached hydrogens (tertiary/aromatic N) is 2. The van der Waals surface area contributed by atoms with Gasteiger partial charge in [-0.2, -0.15) is 0 Å². The zero-order chi connectivity index (χ0) is 14.3. The highest BCUT2D eigenvalue weighted by Crippen LogP contribution is 2.31. The number of ether oxygens (including phenoxy) is 1. The third-order valence-electron chi connectivity index (χ3n) is 2.99. The molecule has 0 saturated carbocycles. The van der Waals surface area contributed by atoms with Gasteiger partial charge in [0.05, 0.1) is 23.2 Å². The molecule has 0 unspecified atom stereocenters. The number of hydrogen-bond acceptors (Lipinski definition) is 3. The Morgan fingerprint density at radius 2 is 1.95 bits per heavy atom. The highest BCUT2D eigenvalue weighted by molar-refractivity contribution is 6.41. The van der Waals surface area contributed by atoms with E-state index >= 15 is 0 Å². The number of pyridine rings is 1. The first-order chi connectivity index (χ1) is 9.58. The van der Waals surface area contributed by atoms with Crippen molar-refractivity contribution in [1.29, 1.82) is 0 Å². The van der Waals surface area contributed by atoms with Crippen molar-refractivity contribution in [3.8, 4) is 17.1 Å². The molecule has 0 radical (unpaired) electrons. The molecule has 3 aromatic rings. The van der Waals surface area contributed by atoms with Crippen LogP contribution in [0.4, 0.5) is 0 Å². The number of aromatic amines is 1. The van der Waals surface area contributed by atoms with Crippen LogP contribution in [0.25, 0.3) is 22.6 Å². The average molecular weight is 308 g/mol. The molecule has 3 rings (SSSR count). The van der Waals surface area contributed by atoms with Gasteiger partial charge in [0.1, 0.15) is 16.7 Å². The lowest BCUT2D eigenvalue weighted by molar-refractivity contribution is 0.416. The van der Waals surface area contributed by atoms with Gasteiger partial charge < -0.3 is 9.72 Å². The molecule has 0 atom stereocenters. The third-order valence-corrected chi connectivity index (χ3v) is 3.67. The van der Waals surface area contributed by atoms with Gasteiger partial charge >= 0.3 is 0 Å². The van der Waals surface area contributed by atoms with Crippen LogP contribution in [0.1, 0.15) is 5.56 Å². The SMILES string of the molecule is COc1ccc(C)cc1-c1nc2nc(Cl)c(Cl)cc2[nH]1. The monoisotopic (exact) mass is 307 g/mol. The molecule has 20 heavy (non-hydrogen) atoms. The molecule has 2 aromatic heterocycles. The van der Waals surface area contributed by atoms with Crippen molar-refractivity contribution in [3.63, 3.8) is 0 Å². The highest BCUT2D eigenvalue weighted by Gasteiger charge is 2.13. The minimum absolute atomic E-state index is 0.244. The molecule has 0 amide bonds. The van der Waals surface area contributed by atoms with E-state index in [9.17, 15) is 0 Å². The molecule has 0 spiro atoms. The summed E-state index contributed by atoms with van der Waals surface area (Å²) >= 11 is 11.9. The second-order valence-electron chi connectivity index (χ2n) is 4.42. The zero-order valence-electron chi connectivity index (χ0n) is 10.9. The topological polar surface area (TPSA) is 50.8 Å². The van der Waals surface area contributed by atoms with Gasteiger partial charge in [-0.3, -0.25) is 0 Å². The predicted octanol–water partition coefficient (Wildman–Crippen LogP) is 4.25. The Morgan fingerprint density at radius 1 is 1.15 bits per heavy atom. The number of H-pyrrole nitrogens is 1. The van der Waals surface area contributed by atoms with Gasteiger partial charge in [-0.05, 0) is 25.1 Å². The molecule has 0 fully saturated rings. The Labute approximate surface area is 125 Å². The van der Waals surface area contributed by atoms with Crippen LogP contribution in [-0.4, -0.2) is 22.1 Å². The van der Waals surface area contributed by atoms with Crippen molar-refractivity contribution < 1.29 is 4.74 Å². The van der Waals surface area contributed by atoms with E-state index in [4.69, 9.17) is 27.9 Å². The number of fused-ring (bicyclic) bond motifs is 1. The second kappa shape index (κ2) is 4.96. The first-order valence-electron chi connectivity index (χ1n) is 5.95. The van der Waals surface area contributed by atoms with E-state index in [0.717, 1.165) is 22.4 Å². The van der Waals surface area contributed by atoms with Gasteiger partial charge in [0.15, 0.2) is 5.65 Å². The minimum Gasteiger partial charge on any atom is -0.496 e. The molecule has 1 N–H and O–H groups in total. The van der Waals surface area contributed by atoms with Crippen LogP contribution in [0.5, 0.6) is 5.75 Å². The molecule has 1 aromatic carbocycles. The Balaban J connectivity index is 2.22. The van der Waals surface area contributed by atoms with Crippen LogP contribution >= 0.6 is 23.2 Å². The van der Waals surface area contributed by atoms with Crippen molar-refractivity contribution in [3.05, 3.63) is 40.0 Å². The average Bonchev–Trinajstić information content (AvgIpc) is 2.82. The van der Waals surface area contributed by atoms with Crippen molar-refractivity contribution in [2.24, 2.45) is 0 Å². The van der Waals surface area contributed by atoms with Crippen LogP contribution in [0.2, 0.25) is 10.2 Å². The Hall–Kier alpha value is -1.78. The summed E-state index contributed by atoms with van der Waals surface area (Å²) in [5.41, 5.74) is 3.25. The zero-order valence-corrected chi connectivity index (χ0v) is 12.4. The summed E-state index contributed by atoms with van der Waals surface area (Å²) in [7, 11) is 1.63. The van der Waals surface area contributed by atoms with E-state index in [2.05, 4.69) is 15.0 Å². The van der Waals surface area contributed by atoms with E-state index in [1.165, 1.54) is 0 Å². The summed E-state index contributed by atoms with van der Waals surface area (Å²) in [6, 6.07) is 7.60. The van der Waals surface area contributed by atoms with Crippen molar-refractivity contribution in [2.75, 3.05) is 7.11 Å². The molecule has 0 aliphatic rings. The molecule has 2 heterocycles. The predicted molar refractivity (Wildman–Crippen MR) is 80.6 cm³/mol. The highest BCUT2D eigenvalue weighted by atomic mass is 35.5. The summed E-state index contributed by atoms with van der Waals surface area (Å²) in [6.45, 7) is 2.01. The maximum Gasteiger partial charge on any atom is 0.179 e. The fourth-order valence-corrected chi connectivity index (χ4v) is 2.32. The number of nitrogens with one attached hydrogen (secondary N) is 1. The third kappa shape index (κ3) is 2.21. The van der Waals surface area contributed by atoms with Crippen molar-refractivity contribution >= 4 is 34.4 Å². The first-order valence-corrected chi connectivity index (χ1v) is 6.71. The number of rotatable bonds is 2. The summed E-state index contributed by atoms with van der Waals surface area (Å²) in [6.07, 6.45) is 0. The van der Waals surface area contributed by atoms with Crippen molar-refractivity contribution in [1.82, 2.24) is 15.0 Å². The standard InChI is InChI=1S/C14H11Cl2N3O/c1-7-3-4-11(20-2)8(5-7)13-17-10-6-9(15)12(16)18-14(10)19-13/h3-6H,1-2H3,(H,17,18,19). The lowest BCUT2D eigenvalue weighted by Crippen LogP contribution is -1.90. The Kier molecular flexibility index (Phi) is 3.28. The number of aromatic nitrogens is 3. The van der Waals surface area contributed by atoms with Gasteiger partial charge in [0.2, 0.25) is 0 Å². The molecular formula is C14H11Cl2N3O. The number of benzene rings is 1. The molecule has 6 heteroatoms. The minimum atomic E-state index is 0.244. The van der Waals surface area contributed by atoms with E-state index in [1.54, 1.807) is 13.2 Å². The summed E-state index contributed by atoms with van der Waals surface area (Å²) < 4.78 is 5.37. The lowest BCUT2D eigenvalue weighted by Gasteiger charge is -2.06. The maximum atomic E-state index is 5.96. The molecule has 0 aliphatic carbocycles. The molecule has 4 nitrogen and oxygen atoms in total. The fraction of sp³-hybridized carbons (Fsp3) is 0.143. The number of halogens is 2. The molecular weight excluding hydrogens is 297 g/mol. The summed E-state index contributed by atoms with van der Waals surface area (Å²) in [4.78, 5) is 11.8. The van der Waals surface area contributed by atoms with Gasteiger partial charge in [0.25, 0.3) is 0 Å². The largest absolute Gasteiger partial charge is 0.496 e. The lowest BCUT2D eigenvalue weighted by atomic mass is 10.1. The van der Waals surface area contributed by atoms with E-state index in [1.807, 2.05) is 25.1 Å². The van der Waals surface area contributed by atoms with Crippen LogP contribution < -0.4 is 4.74 Å². The number of aryl methyl sites for hydroxylation is 1. The smallest absolute Gasteiger partial charge is 0.179 e. The summed E-state index contributed by atoms with van der Waals surface area (Å²) in [5.74, 6) is 1.42. The van der Waals surface area contributed by atoms with Gasteiger partial charge in [-0.25, -0.2) is 9.97 Å². The van der Waals surface area contributed by atoms with Gasteiger partial charge in [-0.15, -0.1) is 0 Å². The van der Waals surface area contributed by atoms with Gasteiger partial charge in [0, 0.05) is 0 Å². The Bertz CT molecular complexity index is 759. The summed E-state index contributed by atoms with van der Waals surface area (Å²) in [5, 5.41) is 0.638. The maximum absolute atomic E-state index is 5.96. The number of hydrogen-bond donors (Lipinski definition) is 1. The number of methoxy groups -OCH3 is 1. The molecule has 0 bridgehead atoms. The van der Waals surface area contributed by atoms with Crippen LogP contribution in [0.3, 0.4) is 0 Å².